The molecule has 11 rings (SSSR count). The van der Waals surface area contributed by atoms with Crippen molar-refractivity contribution in [2.45, 2.75) is 19.3 Å². The molecule has 1 aliphatic rings. The summed E-state index contributed by atoms with van der Waals surface area (Å²) in [6.45, 7) is 4.69. The van der Waals surface area contributed by atoms with E-state index in [0.717, 1.165) is 61.1 Å². The van der Waals surface area contributed by atoms with Crippen LogP contribution in [0, 0.1) is 0 Å². The normalized spacial score (nSPS) is 12.9. The summed E-state index contributed by atoms with van der Waals surface area (Å²) in [5.74, 6) is 0. The van der Waals surface area contributed by atoms with Gasteiger partial charge in [0.15, 0.2) is 0 Å². The lowest BCUT2D eigenvalue weighted by Gasteiger charge is -2.28. The number of nitrogens with zero attached hydrogens (tertiary/aromatic N) is 1. The molecule has 270 valence electrons. The van der Waals surface area contributed by atoms with E-state index in [1.807, 2.05) is 0 Å². The Hall–Kier alpha value is -7.16. The van der Waals surface area contributed by atoms with Crippen LogP contribution in [0.1, 0.15) is 25.0 Å². The van der Waals surface area contributed by atoms with E-state index in [4.69, 9.17) is 4.42 Å². The zero-order valence-electron chi connectivity index (χ0n) is 31.9. The summed E-state index contributed by atoms with van der Waals surface area (Å²) in [6, 6.07) is 72.4. The summed E-state index contributed by atoms with van der Waals surface area (Å²) in [6.07, 6.45) is 0. The van der Waals surface area contributed by atoms with Gasteiger partial charge in [-0.1, -0.05) is 166 Å². The first-order valence-corrected chi connectivity index (χ1v) is 19.8. The highest BCUT2D eigenvalue weighted by Crippen LogP contribution is 2.51. The Bertz CT molecular complexity index is 3140. The Morgan fingerprint density at radius 3 is 1.74 bits per heavy atom. The van der Waals surface area contributed by atoms with Crippen molar-refractivity contribution in [3.05, 3.63) is 211 Å². The van der Waals surface area contributed by atoms with Gasteiger partial charge in [0, 0.05) is 44.2 Å². The summed E-state index contributed by atoms with van der Waals surface area (Å²) in [5, 5.41) is 4.52. The molecule has 0 atom stereocenters. The molecule has 0 spiro atoms. The highest BCUT2D eigenvalue weighted by Gasteiger charge is 2.35. The van der Waals surface area contributed by atoms with E-state index in [1.54, 1.807) is 0 Å². The molecule has 1 aromatic heterocycles. The minimum absolute atomic E-state index is 0.0852. The maximum absolute atomic E-state index is 6.90. The van der Waals surface area contributed by atoms with Crippen molar-refractivity contribution >= 4 is 49.8 Å². The van der Waals surface area contributed by atoms with Crippen LogP contribution in [0.4, 0.5) is 17.1 Å². The van der Waals surface area contributed by atoms with Gasteiger partial charge >= 0.3 is 0 Å². The van der Waals surface area contributed by atoms with Crippen molar-refractivity contribution in [3.63, 3.8) is 0 Å². The van der Waals surface area contributed by atoms with Crippen LogP contribution >= 0.6 is 0 Å². The lowest BCUT2D eigenvalue weighted by atomic mass is 9.82. The molecule has 2 heteroatoms. The second-order valence-corrected chi connectivity index (χ2v) is 15.7. The van der Waals surface area contributed by atoms with E-state index in [-0.39, 0.29) is 5.41 Å². The van der Waals surface area contributed by atoms with Crippen molar-refractivity contribution < 1.29 is 4.42 Å². The van der Waals surface area contributed by atoms with Crippen molar-refractivity contribution in [2.24, 2.45) is 0 Å². The molecule has 0 radical (unpaired) electrons. The number of anilines is 3. The predicted molar refractivity (Wildman–Crippen MR) is 240 cm³/mol. The number of benzene rings is 9. The van der Waals surface area contributed by atoms with Crippen LogP contribution in [0.5, 0.6) is 0 Å². The average Bonchev–Trinajstić information content (AvgIpc) is 3.76. The predicted octanol–water partition coefficient (Wildman–Crippen LogP) is 15.5. The molecule has 10 aromatic rings. The summed E-state index contributed by atoms with van der Waals surface area (Å²) in [4.78, 5) is 2.38. The number of furan rings is 1. The molecule has 0 unspecified atom stereocenters. The van der Waals surface area contributed by atoms with Crippen molar-refractivity contribution in [1.82, 2.24) is 0 Å². The summed E-state index contributed by atoms with van der Waals surface area (Å²) < 4.78 is 6.90. The van der Waals surface area contributed by atoms with E-state index in [2.05, 4.69) is 219 Å². The van der Waals surface area contributed by atoms with E-state index in [1.165, 1.54) is 44.3 Å². The summed E-state index contributed by atoms with van der Waals surface area (Å²) >= 11 is 0. The molecule has 0 saturated heterocycles. The van der Waals surface area contributed by atoms with Gasteiger partial charge in [0.1, 0.15) is 11.2 Å². The Labute approximate surface area is 332 Å². The summed E-state index contributed by atoms with van der Waals surface area (Å²) in [5.41, 5.74) is 17.5. The zero-order chi connectivity index (χ0) is 38.1. The Morgan fingerprint density at radius 2 is 0.912 bits per heavy atom. The molecule has 0 fully saturated rings. The second kappa shape index (κ2) is 13.0. The van der Waals surface area contributed by atoms with Crippen molar-refractivity contribution in [2.75, 3.05) is 4.90 Å². The fraction of sp³-hybridized carbons (Fsp3) is 0.0545. The maximum Gasteiger partial charge on any atom is 0.143 e. The largest absolute Gasteiger partial charge is 0.455 e. The zero-order valence-corrected chi connectivity index (χ0v) is 31.9. The quantitative estimate of drug-likeness (QED) is 0.169. The van der Waals surface area contributed by atoms with Gasteiger partial charge in [-0.25, -0.2) is 0 Å². The van der Waals surface area contributed by atoms with Crippen LogP contribution in [0.15, 0.2) is 205 Å². The fourth-order valence-electron chi connectivity index (χ4n) is 9.23. The molecule has 1 heterocycles. The average molecular weight is 730 g/mol. The molecule has 0 amide bonds. The van der Waals surface area contributed by atoms with Gasteiger partial charge in [0.25, 0.3) is 0 Å². The molecule has 0 aliphatic heterocycles. The third-order valence-electron chi connectivity index (χ3n) is 12.1. The molecule has 57 heavy (non-hydrogen) atoms. The minimum atomic E-state index is -0.0852. The lowest BCUT2D eigenvalue weighted by Crippen LogP contribution is -2.16. The lowest BCUT2D eigenvalue weighted by molar-refractivity contribution is 0.660. The number of rotatable bonds is 6. The summed E-state index contributed by atoms with van der Waals surface area (Å²) in [7, 11) is 0. The van der Waals surface area contributed by atoms with Gasteiger partial charge in [-0.3, -0.25) is 0 Å². The van der Waals surface area contributed by atoms with Crippen LogP contribution in [-0.4, -0.2) is 0 Å². The highest BCUT2D eigenvalue weighted by atomic mass is 16.3. The first-order valence-electron chi connectivity index (χ1n) is 19.8. The molecule has 0 bridgehead atoms. The number of para-hydroxylation sites is 2. The van der Waals surface area contributed by atoms with Crippen LogP contribution in [-0.2, 0) is 5.41 Å². The fourth-order valence-corrected chi connectivity index (χ4v) is 9.23. The third-order valence-corrected chi connectivity index (χ3v) is 12.1. The van der Waals surface area contributed by atoms with Gasteiger partial charge in [0.05, 0.1) is 0 Å². The van der Waals surface area contributed by atoms with Crippen LogP contribution in [0.2, 0.25) is 0 Å². The Balaban J connectivity index is 1.03. The Morgan fingerprint density at radius 1 is 0.333 bits per heavy atom. The van der Waals surface area contributed by atoms with E-state index in [0.29, 0.717) is 0 Å². The monoisotopic (exact) mass is 729 g/mol. The first kappa shape index (κ1) is 33.2. The molecular weight excluding hydrogens is 691 g/mol. The number of fused-ring (bicyclic) bond motifs is 8. The van der Waals surface area contributed by atoms with E-state index >= 15 is 0 Å². The van der Waals surface area contributed by atoms with Crippen LogP contribution < -0.4 is 4.90 Å². The first-order chi connectivity index (χ1) is 28.0. The third kappa shape index (κ3) is 5.33. The molecule has 9 aromatic carbocycles. The maximum atomic E-state index is 6.90. The smallest absolute Gasteiger partial charge is 0.143 e. The Kier molecular flexibility index (Phi) is 7.55. The van der Waals surface area contributed by atoms with Gasteiger partial charge in [-0.2, -0.15) is 0 Å². The van der Waals surface area contributed by atoms with Crippen LogP contribution in [0.3, 0.4) is 0 Å². The van der Waals surface area contributed by atoms with Gasteiger partial charge < -0.3 is 9.32 Å². The topological polar surface area (TPSA) is 16.4 Å². The SMILES string of the molecule is CC1(C)c2ccccc2-c2ccc(N(c3ccccc3)c3ccc(-c4cc5c6cccc(-c7cccc(-c8ccccc8)c7)c6oc5c5ccccc45)cc3)cc21. The van der Waals surface area contributed by atoms with Crippen molar-refractivity contribution in [1.29, 1.82) is 0 Å². The van der Waals surface area contributed by atoms with Gasteiger partial charge in [0.2, 0.25) is 0 Å². The van der Waals surface area contributed by atoms with E-state index in [9.17, 15) is 0 Å². The van der Waals surface area contributed by atoms with Gasteiger partial charge in [-0.15, -0.1) is 0 Å². The molecule has 1 aliphatic carbocycles. The molecule has 2 nitrogen and oxygen atoms in total. The minimum Gasteiger partial charge on any atom is -0.455 e. The molecular formula is C55H39NO. The highest BCUT2D eigenvalue weighted by molar-refractivity contribution is 6.20. The number of hydrogen-bond donors (Lipinski definition) is 0. The van der Waals surface area contributed by atoms with Gasteiger partial charge in [-0.05, 0) is 104 Å². The van der Waals surface area contributed by atoms with Crippen LogP contribution in [0.25, 0.3) is 77.2 Å². The molecule has 0 N–H and O–H groups in total. The molecule has 0 saturated carbocycles. The van der Waals surface area contributed by atoms with E-state index < -0.39 is 0 Å². The van der Waals surface area contributed by atoms with Crippen molar-refractivity contribution in [3.8, 4) is 44.5 Å². The number of hydrogen-bond acceptors (Lipinski definition) is 2. The second-order valence-electron chi connectivity index (χ2n) is 15.7. The standard InChI is InChI=1S/C55H39NO/c1-55(2)51-26-12-11-22-45(51)46-32-31-42(34-52(46)55)56(40-19-7-4-8-20-40)41-29-27-37(28-30-41)49-35-50-48-25-14-24-43(53(48)57-54(50)47-23-10-9-21-44(47)49)39-18-13-17-38(33-39)36-15-5-3-6-16-36/h3-35H,1-2H3.